The van der Waals surface area contributed by atoms with Gasteiger partial charge in [-0.25, -0.2) is 0 Å². The zero-order valence-electron chi connectivity index (χ0n) is 11.7. The third-order valence-corrected chi connectivity index (χ3v) is 3.76. The lowest BCUT2D eigenvalue weighted by atomic mass is 10.1. The molecule has 5 nitrogen and oxygen atoms in total. The van der Waals surface area contributed by atoms with E-state index in [0.29, 0.717) is 18.0 Å². The molecule has 0 spiro atoms. The maximum absolute atomic E-state index is 11.6. The highest BCUT2D eigenvalue weighted by atomic mass is 32.1. The molecule has 3 N–H and O–H groups in total. The average molecular weight is 298 g/mol. The lowest BCUT2D eigenvalue weighted by Gasteiger charge is -2.08. The second-order valence-electron chi connectivity index (χ2n) is 4.76. The van der Waals surface area contributed by atoms with Gasteiger partial charge in [-0.05, 0) is 30.2 Å². The lowest BCUT2D eigenvalue weighted by molar-refractivity contribution is -0.120. The predicted octanol–water partition coefficient (Wildman–Crippen LogP) is 1.39. The van der Waals surface area contributed by atoms with E-state index in [1.54, 1.807) is 6.07 Å². The van der Waals surface area contributed by atoms with Crippen molar-refractivity contribution in [3.8, 4) is 0 Å². The van der Waals surface area contributed by atoms with E-state index >= 15 is 0 Å². The van der Waals surface area contributed by atoms with Crippen LogP contribution in [0.15, 0.2) is 17.5 Å². The molecule has 0 saturated heterocycles. The number of nitrogens with one attached hydrogen (secondary N) is 2. The molecule has 0 radical (unpaired) electrons. The molecule has 6 heteroatoms. The van der Waals surface area contributed by atoms with E-state index in [1.165, 1.54) is 11.3 Å². The summed E-state index contributed by atoms with van der Waals surface area (Å²) < 4.78 is 0. The molecule has 0 aliphatic carbocycles. The maximum Gasteiger partial charge on any atom is 0.261 e. The summed E-state index contributed by atoms with van der Waals surface area (Å²) in [4.78, 5) is 23.8. The fourth-order valence-electron chi connectivity index (χ4n) is 1.64. The Hall–Kier alpha value is -1.40. The summed E-state index contributed by atoms with van der Waals surface area (Å²) in [7, 11) is 0. The van der Waals surface area contributed by atoms with Gasteiger partial charge in [-0.2, -0.15) is 0 Å². The zero-order chi connectivity index (χ0) is 14.8. The topological polar surface area (TPSA) is 78.4 Å². The summed E-state index contributed by atoms with van der Waals surface area (Å²) in [5, 5.41) is 16.2. The molecule has 1 aromatic rings. The van der Waals surface area contributed by atoms with Gasteiger partial charge in [0.05, 0.1) is 4.88 Å². The first-order chi connectivity index (χ1) is 9.63. The number of aliphatic hydroxyl groups is 1. The van der Waals surface area contributed by atoms with E-state index < -0.39 is 0 Å². The molecular weight excluding hydrogens is 276 g/mol. The van der Waals surface area contributed by atoms with Crippen molar-refractivity contribution < 1.29 is 14.7 Å². The van der Waals surface area contributed by atoms with Crippen molar-refractivity contribution in [2.24, 2.45) is 5.92 Å². The molecule has 1 unspecified atom stereocenters. The molecule has 1 atom stereocenters. The van der Waals surface area contributed by atoms with Crippen LogP contribution in [0.3, 0.4) is 0 Å². The number of hydrogen-bond acceptors (Lipinski definition) is 4. The van der Waals surface area contributed by atoms with E-state index in [1.807, 2.05) is 18.4 Å². The first-order valence-corrected chi connectivity index (χ1v) is 7.70. The van der Waals surface area contributed by atoms with E-state index in [-0.39, 0.29) is 30.8 Å². The standard InChI is InChI=1S/C14H22N2O3S/c1-11(10-17)4-2-7-15-13(18)6-8-16-14(19)12-5-3-9-20-12/h3,5,9,11,17H,2,4,6-8,10H2,1H3,(H,15,18)(H,16,19). The summed E-state index contributed by atoms with van der Waals surface area (Å²) in [5.41, 5.74) is 0. The fraction of sp³-hybridized carbons (Fsp3) is 0.571. The van der Waals surface area contributed by atoms with Gasteiger partial charge in [-0.1, -0.05) is 13.0 Å². The summed E-state index contributed by atoms with van der Waals surface area (Å²) in [6, 6.07) is 3.57. The van der Waals surface area contributed by atoms with Crippen molar-refractivity contribution in [1.82, 2.24) is 10.6 Å². The van der Waals surface area contributed by atoms with Crippen LogP contribution in [0.4, 0.5) is 0 Å². The third-order valence-electron chi connectivity index (χ3n) is 2.89. The van der Waals surface area contributed by atoms with Crippen molar-refractivity contribution in [3.63, 3.8) is 0 Å². The molecule has 1 rings (SSSR count). The second kappa shape index (κ2) is 9.50. The summed E-state index contributed by atoms with van der Waals surface area (Å²) in [5.74, 6) is 0.0784. The van der Waals surface area contributed by atoms with Gasteiger partial charge in [0.25, 0.3) is 5.91 Å². The lowest BCUT2D eigenvalue weighted by Crippen LogP contribution is -2.31. The second-order valence-corrected chi connectivity index (χ2v) is 5.71. The van der Waals surface area contributed by atoms with Crippen LogP contribution in [0, 0.1) is 5.92 Å². The largest absolute Gasteiger partial charge is 0.396 e. The third kappa shape index (κ3) is 6.68. The van der Waals surface area contributed by atoms with Crippen molar-refractivity contribution in [1.29, 1.82) is 0 Å². The minimum atomic E-state index is -0.135. The van der Waals surface area contributed by atoms with E-state index in [9.17, 15) is 9.59 Å². The number of aliphatic hydroxyl groups excluding tert-OH is 1. The van der Waals surface area contributed by atoms with Gasteiger partial charge < -0.3 is 15.7 Å². The van der Waals surface area contributed by atoms with E-state index in [4.69, 9.17) is 5.11 Å². The Kier molecular flexibility index (Phi) is 7.91. The van der Waals surface area contributed by atoms with Gasteiger partial charge in [0.1, 0.15) is 0 Å². The molecule has 112 valence electrons. The number of carbonyl (C=O) groups excluding carboxylic acids is 2. The van der Waals surface area contributed by atoms with Crippen LogP contribution in [0.1, 0.15) is 35.9 Å². The Balaban J connectivity index is 2.04. The van der Waals surface area contributed by atoms with Crippen molar-refractivity contribution >= 4 is 23.2 Å². The Labute approximate surface area is 123 Å². The highest BCUT2D eigenvalue weighted by Gasteiger charge is 2.07. The van der Waals surface area contributed by atoms with Crippen LogP contribution in [0.2, 0.25) is 0 Å². The molecule has 0 saturated carbocycles. The minimum Gasteiger partial charge on any atom is -0.396 e. The SMILES string of the molecule is CC(CO)CCCNC(=O)CCNC(=O)c1cccs1. The Bertz CT molecular complexity index is 407. The quantitative estimate of drug-likeness (QED) is 0.603. The molecule has 0 bridgehead atoms. The van der Waals surface area contributed by atoms with Crippen molar-refractivity contribution in [3.05, 3.63) is 22.4 Å². The molecule has 0 aliphatic rings. The average Bonchev–Trinajstić information content (AvgIpc) is 2.97. The van der Waals surface area contributed by atoms with Crippen LogP contribution < -0.4 is 10.6 Å². The predicted molar refractivity (Wildman–Crippen MR) is 79.8 cm³/mol. The number of amides is 2. The molecule has 2 amide bonds. The van der Waals surface area contributed by atoms with Gasteiger partial charge in [0.2, 0.25) is 5.91 Å². The fourth-order valence-corrected chi connectivity index (χ4v) is 2.28. The van der Waals surface area contributed by atoms with Crippen molar-refractivity contribution in [2.45, 2.75) is 26.2 Å². The molecule has 0 fully saturated rings. The normalized spacial score (nSPS) is 11.9. The van der Waals surface area contributed by atoms with Crippen molar-refractivity contribution in [2.75, 3.05) is 19.7 Å². The number of rotatable bonds is 9. The van der Waals surface area contributed by atoms with E-state index in [2.05, 4.69) is 10.6 Å². The molecule has 1 heterocycles. The summed E-state index contributed by atoms with van der Waals surface area (Å²) in [6.07, 6.45) is 2.04. The number of carbonyl (C=O) groups is 2. The molecule has 1 aromatic heterocycles. The molecule has 0 aromatic carbocycles. The van der Waals surface area contributed by atoms with Crippen LogP contribution in [-0.2, 0) is 4.79 Å². The first kappa shape index (κ1) is 16.7. The Morgan fingerprint density at radius 2 is 2.15 bits per heavy atom. The van der Waals surface area contributed by atoms with Gasteiger partial charge >= 0.3 is 0 Å². The monoisotopic (exact) mass is 298 g/mol. The number of thiophene rings is 1. The molecule has 20 heavy (non-hydrogen) atoms. The van der Waals surface area contributed by atoms with Crippen LogP contribution in [0.25, 0.3) is 0 Å². The minimum absolute atomic E-state index is 0.0619. The van der Waals surface area contributed by atoms with Crippen LogP contribution in [0.5, 0.6) is 0 Å². The van der Waals surface area contributed by atoms with Crippen LogP contribution in [-0.4, -0.2) is 36.6 Å². The number of hydrogen-bond donors (Lipinski definition) is 3. The Morgan fingerprint density at radius 1 is 1.35 bits per heavy atom. The van der Waals surface area contributed by atoms with E-state index in [0.717, 1.165) is 12.8 Å². The maximum atomic E-state index is 11.6. The molecule has 0 aliphatic heterocycles. The zero-order valence-corrected chi connectivity index (χ0v) is 12.5. The van der Waals surface area contributed by atoms with Gasteiger partial charge in [0, 0.05) is 26.1 Å². The van der Waals surface area contributed by atoms with Crippen LogP contribution >= 0.6 is 11.3 Å². The smallest absolute Gasteiger partial charge is 0.261 e. The highest BCUT2D eigenvalue weighted by molar-refractivity contribution is 7.12. The highest BCUT2D eigenvalue weighted by Crippen LogP contribution is 2.07. The van der Waals surface area contributed by atoms with Gasteiger partial charge in [0.15, 0.2) is 0 Å². The van der Waals surface area contributed by atoms with Gasteiger partial charge in [-0.15, -0.1) is 11.3 Å². The van der Waals surface area contributed by atoms with Gasteiger partial charge in [-0.3, -0.25) is 9.59 Å². The molecular formula is C14H22N2O3S. The Morgan fingerprint density at radius 3 is 2.80 bits per heavy atom. The summed E-state index contributed by atoms with van der Waals surface area (Å²) >= 11 is 1.38. The summed E-state index contributed by atoms with van der Waals surface area (Å²) in [6.45, 7) is 3.11. The first-order valence-electron chi connectivity index (χ1n) is 6.82.